The van der Waals surface area contributed by atoms with Gasteiger partial charge in [-0.2, -0.15) is 5.10 Å². The number of aromatic nitrogens is 2. The van der Waals surface area contributed by atoms with Crippen LogP contribution in [0.25, 0.3) is 0 Å². The Labute approximate surface area is 117 Å². The molecule has 2 rings (SSSR count). The van der Waals surface area contributed by atoms with Crippen LogP contribution in [-0.2, 0) is 13.0 Å². The summed E-state index contributed by atoms with van der Waals surface area (Å²) in [5, 5.41) is 6.87. The van der Waals surface area contributed by atoms with Gasteiger partial charge in [0.05, 0.1) is 0 Å². The highest BCUT2D eigenvalue weighted by Gasteiger charge is 2.11. The van der Waals surface area contributed by atoms with E-state index in [2.05, 4.69) is 10.4 Å². The quantitative estimate of drug-likeness (QED) is 0.926. The lowest BCUT2D eigenvalue weighted by atomic mass is 10.1. The summed E-state index contributed by atoms with van der Waals surface area (Å²) in [6.07, 6.45) is 0.832. The van der Waals surface area contributed by atoms with Crippen LogP contribution >= 0.6 is 0 Å². The second-order valence-corrected chi connectivity index (χ2v) is 4.34. The van der Waals surface area contributed by atoms with Crippen LogP contribution in [0.15, 0.2) is 41.2 Å². The first-order valence-corrected chi connectivity index (χ1v) is 6.63. The Bertz CT molecular complexity index is 677. The van der Waals surface area contributed by atoms with Crippen molar-refractivity contribution in [3.05, 3.63) is 58.0 Å². The molecular weight excluding hydrogens is 254 g/mol. The van der Waals surface area contributed by atoms with E-state index in [1.54, 1.807) is 0 Å². The molecule has 0 fully saturated rings. The number of carbonyl (C=O) groups excluding carboxylic acids is 1. The summed E-state index contributed by atoms with van der Waals surface area (Å²) in [6.45, 7) is 4.27. The first kappa shape index (κ1) is 14.0. The zero-order chi connectivity index (χ0) is 14.5. The van der Waals surface area contributed by atoms with E-state index in [1.807, 2.05) is 38.1 Å². The first-order chi connectivity index (χ1) is 9.65. The van der Waals surface area contributed by atoms with Gasteiger partial charge in [-0.15, -0.1) is 0 Å². The minimum atomic E-state index is -0.312. The predicted octanol–water partition coefficient (Wildman–Crippen LogP) is 2.08. The van der Waals surface area contributed by atoms with Crippen LogP contribution in [0.1, 0.15) is 29.9 Å². The molecule has 1 heterocycles. The Morgan fingerprint density at radius 3 is 2.65 bits per heavy atom. The highest BCUT2D eigenvalue weighted by Crippen LogP contribution is 2.16. The van der Waals surface area contributed by atoms with E-state index in [4.69, 9.17) is 0 Å². The van der Waals surface area contributed by atoms with E-state index in [9.17, 15) is 9.59 Å². The number of hydrogen-bond donors (Lipinski definition) is 1. The lowest BCUT2D eigenvalue weighted by Crippen LogP contribution is -2.25. The van der Waals surface area contributed by atoms with Gasteiger partial charge in [0.1, 0.15) is 5.69 Å². The van der Waals surface area contributed by atoms with Crippen LogP contribution in [0.3, 0.4) is 0 Å². The van der Waals surface area contributed by atoms with Crippen LogP contribution in [0.2, 0.25) is 0 Å². The monoisotopic (exact) mass is 271 g/mol. The normalized spacial score (nSPS) is 10.3. The maximum atomic E-state index is 12.2. The van der Waals surface area contributed by atoms with Crippen LogP contribution in [0.5, 0.6) is 0 Å². The van der Waals surface area contributed by atoms with Gasteiger partial charge in [-0.1, -0.05) is 25.1 Å². The number of aryl methyl sites for hydroxylation is 2. The zero-order valence-corrected chi connectivity index (χ0v) is 11.6. The zero-order valence-electron chi connectivity index (χ0n) is 11.6. The van der Waals surface area contributed by atoms with Crippen LogP contribution < -0.4 is 10.9 Å². The Balaban J connectivity index is 2.26. The summed E-state index contributed by atoms with van der Waals surface area (Å²) in [5.74, 6) is -0.312. The molecule has 1 amide bonds. The first-order valence-electron chi connectivity index (χ1n) is 6.63. The standard InChI is InChI=1S/C15H17N3O2/c1-3-11-7-5-6-8-12(11)16-15(20)13-9-10-14(19)18(4-2)17-13/h5-10H,3-4H2,1-2H3,(H,16,20). The molecule has 0 aliphatic carbocycles. The Morgan fingerprint density at radius 2 is 1.95 bits per heavy atom. The van der Waals surface area contributed by atoms with E-state index < -0.39 is 0 Å². The molecule has 104 valence electrons. The molecule has 2 aromatic rings. The molecule has 0 saturated carbocycles. The van der Waals surface area contributed by atoms with Gasteiger partial charge in [-0.3, -0.25) is 9.59 Å². The summed E-state index contributed by atoms with van der Waals surface area (Å²) in [7, 11) is 0. The molecule has 0 saturated heterocycles. The molecule has 0 spiro atoms. The maximum absolute atomic E-state index is 12.2. The number of nitrogens with one attached hydrogen (secondary N) is 1. The fourth-order valence-corrected chi connectivity index (χ4v) is 1.93. The van der Waals surface area contributed by atoms with Crippen molar-refractivity contribution in [1.82, 2.24) is 9.78 Å². The molecule has 1 aromatic heterocycles. The van der Waals surface area contributed by atoms with Crippen LogP contribution in [0.4, 0.5) is 5.69 Å². The van der Waals surface area contributed by atoms with Crippen LogP contribution in [-0.4, -0.2) is 15.7 Å². The second kappa shape index (κ2) is 6.14. The molecule has 1 N–H and O–H groups in total. The van der Waals surface area contributed by atoms with Crippen LogP contribution in [0, 0.1) is 0 Å². The molecule has 5 nitrogen and oxygen atoms in total. The maximum Gasteiger partial charge on any atom is 0.276 e. The third kappa shape index (κ3) is 2.93. The smallest absolute Gasteiger partial charge is 0.276 e. The topological polar surface area (TPSA) is 64.0 Å². The third-order valence-electron chi connectivity index (χ3n) is 3.05. The van der Waals surface area contributed by atoms with E-state index in [1.165, 1.54) is 16.8 Å². The lowest BCUT2D eigenvalue weighted by molar-refractivity contribution is 0.102. The Morgan fingerprint density at radius 1 is 1.20 bits per heavy atom. The van der Waals surface area contributed by atoms with Gasteiger partial charge >= 0.3 is 0 Å². The van der Waals surface area contributed by atoms with E-state index >= 15 is 0 Å². The van der Waals surface area contributed by atoms with Crippen molar-refractivity contribution in [1.29, 1.82) is 0 Å². The number of para-hydroxylation sites is 1. The second-order valence-electron chi connectivity index (χ2n) is 4.34. The van der Waals surface area contributed by atoms with Gasteiger partial charge in [-0.05, 0) is 31.0 Å². The lowest BCUT2D eigenvalue weighted by Gasteiger charge is -2.09. The van der Waals surface area contributed by atoms with Gasteiger partial charge in [-0.25, -0.2) is 4.68 Å². The third-order valence-corrected chi connectivity index (χ3v) is 3.05. The average molecular weight is 271 g/mol. The minimum Gasteiger partial charge on any atom is -0.320 e. The van der Waals surface area contributed by atoms with Crippen molar-refractivity contribution >= 4 is 11.6 Å². The van der Waals surface area contributed by atoms with Gasteiger partial charge in [0, 0.05) is 18.3 Å². The van der Waals surface area contributed by atoms with Crippen molar-refractivity contribution in [2.75, 3.05) is 5.32 Å². The average Bonchev–Trinajstić information content (AvgIpc) is 2.48. The van der Waals surface area contributed by atoms with E-state index in [0.717, 1.165) is 17.7 Å². The van der Waals surface area contributed by atoms with E-state index in [0.29, 0.717) is 6.54 Å². The number of carbonyl (C=O) groups is 1. The molecular formula is C15H17N3O2. The van der Waals surface area contributed by atoms with Crippen molar-refractivity contribution in [3.63, 3.8) is 0 Å². The highest BCUT2D eigenvalue weighted by atomic mass is 16.2. The molecule has 5 heteroatoms. The molecule has 0 bridgehead atoms. The van der Waals surface area contributed by atoms with Crippen molar-refractivity contribution < 1.29 is 4.79 Å². The molecule has 20 heavy (non-hydrogen) atoms. The summed E-state index contributed by atoms with van der Waals surface area (Å²) in [6, 6.07) is 10.4. The highest BCUT2D eigenvalue weighted by molar-refractivity contribution is 6.03. The summed E-state index contributed by atoms with van der Waals surface area (Å²) in [4.78, 5) is 23.6. The molecule has 0 radical (unpaired) electrons. The fourth-order valence-electron chi connectivity index (χ4n) is 1.93. The molecule has 0 aliphatic heterocycles. The number of anilines is 1. The van der Waals surface area contributed by atoms with Gasteiger partial charge in [0.2, 0.25) is 0 Å². The largest absolute Gasteiger partial charge is 0.320 e. The number of hydrogen-bond acceptors (Lipinski definition) is 3. The van der Waals surface area contributed by atoms with E-state index in [-0.39, 0.29) is 17.2 Å². The van der Waals surface area contributed by atoms with Gasteiger partial charge < -0.3 is 5.32 Å². The number of nitrogens with zero attached hydrogens (tertiary/aromatic N) is 2. The summed E-state index contributed by atoms with van der Waals surface area (Å²) >= 11 is 0. The number of benzene rings is 1. The molecule has 0 aliphatic rings. The number of amides is 1. The van der Waals surface area contributed by atoms with Crippen molar-refractivity contribution in [2.45, 2.75) is 26.8 Å². The summed E-state index contributed by atoms with van der Waals surface area (Å²) < 4.78 is 1.26. The SMILES string of the molecule is CCc1ccccc1NC(=O)c1ccc(=O)n(CC)n1. The molecule has 1 aromatic carbocycles. The number of rotatable bonds is 4. The molecule has 0 atom stereocenters. The fraction of sp³-hybridized carbons (Fsp3) is 0.267. The van der Waals surface area contributed by atoms with Crippen molar-refractivity contribution in [3.8, 4) is 0 Å². The van der Waals surface area contributed by atoms with Crippen molar-refractivity contribution in [2.24, 2.45) is 0 Å². The van der Waals surface area contributed by atoms with Gasteiger partial charge in [0.15, 0.2) is 0 Å². The molecule has 0 unspecified atom stereocenters. The Kier molecular flexibility index (Phi) is 4.30. The minimum absolute atomic E-state index is 0.210. The Hall–Kier alpha value is -2.43. The summed E-state index contributed by atoms with van der Waals surface area (Å²) in [5.41, 5.74) is 1.86. The predicted molar refractivity (Wildman–Crippen MR) is 77.9 cm³/mol. The van der Waals surface area contributed by atoms with Gasteiger partial charge in [0.25, 0.3) is 11.5 Å².